The summed E-state index contributed by atoms with van der Waals surface area (Å²) in [5.74, 6) is 0.496. The van der Waals surface area contributed by atoms with E-state index in [1.54, 1.807) is 0 Å². The molecule has 108 valence electrons. The zero-order chi connectivity index (χ0) is 14.0. The van der Waals surface area contributed by atoms with Gasteiger partial charge in [-0.2, -0.15) is 0 Å². The molecule has 0 aromatic carbocycles. The fourth-order valence-electron chi connectivity index (χ4n) is 3.07. The van der Waals surface area contributed by atoms with Crippen molar-refractivity contribution in [3.63, 3.8) is 0 Å². The van der Waals surface area contributed by atoms with Gasteiger partial charge < -0.3 is 15.1 Å². The molecule has 0 spiro atoms. The molecule has 2 saturated heterocycles. The Hall–Kier alpha value is -1.10. The number of amides is 2. The average Bonchev–Trinajstić information content (AvgIpc) is 2.32. The lowest BCUT2D eigenvalue weighted by molar-refractivity contribution is -0.148. The highest BCUT2D eigenvalue weighted by Crippen LogP contribution is 2.19. The first-order valence-corrected chi connectivity index (χ1v) is 7.25. The molecule has 5 heteroatoms. The Morgan fingerprint density at radius 3 is 2.74 bits per heavy atom. The predicted octanol–water partition coefficient (Wildman–Crippen LogP) is 0.454. The quantitative estimate of drug-likeness (QED) is 0.808. The normalized spacial score (nSPS) is 29.8. The van der Waals surface area contributed by atoms with Crippen LogP contribution in [0.2, 0.25) is 0 Å². The number of piperidine rings is 1. The Morgan fingerprint density at radius 1 is 1.37 bits per heavy atom. The van der Waals surface area contributed by atoms with Crippen molar-refractivity contribution >= 4 is 11.8 Å². The Kier molecular flexibility index (Phi) is 4.45. The summed E-state index contributed by atoms with van der Waals surface area (Å²) < 4.78 is 0. The van der Waals surface area contributed by atoms with Crippen LogP contribution in [0.15, 0.2) is 0 Å². The van der Waals surface area contributed by atoms with Crippen LogP contribution in [0.5, 0.6) is 0 Å². The minimum absolute atomic E-state index is 0.0153. The first-order valence-electron chi connectivity index (χ1n) is 7.25. The Morgan fingerprint density at radius 2 is 2.11 bits per heavy atom. The molecule has 0 aromatic heterocycles. The molecule has 0 radical (unpaired) electrons. The molecule has 1 N–H and O–H groups in total. The Bertz CT molecular complexity index is 357. The molecule has 19 heavy (non-hydrogen) atoms. The SMILES string of the molecule is CC(C)CC1NC(=O)CN(C2CCCN(C)C2)C1=O. The average molecular weight is 267 g/mol. The summed E-state index contributed by atoms with van der Waals surface area (Å²) in [4.78, 5) is 28.4. The smallest absolute Gasteiger partial charge is 0.245 e. The maximum atomic E-state index is 12.5. The van der Waals surface area contributed by atoms with Gasteiger partial charge in [-0.1, -0.05) is 13.8 Å². The van der Waals surface area contributed by atoms with Gasteiger partial charge in [0.15, 0.2) is 0 Å². The molecule has 2 aliphatic heterocycles. The van der Waals surface area contributed by atoms with E-state index in [9.17, 15) is 9.59 Å². The van der Waals surface area contributed by atoms with Gasteiger partial charge in [-0.15, -0.1) is 0 Å². The molecule has 0 saturated carbocycles. The molecule has 0 aliphatic carbocycles. The number of carbonyl (C=O) groups is 2. The minimum atomic E-state index is -0.325. The van der Waals surface area contributed by atoms with E-state index in [-0.39, 0.29) is 30.4 Å². The van der Waals surface area contributed by atoms with Crippen molar-refractivity contribution in [3.8, 4) is 0 Å². The summed E-state index contributed by atoms with van der Waals surface area (Å²) in [5.41, 5.74) is 0. The van der Waals surface area contributed by atoms with Crippen LogP contribution >= 0.6 is 0 Å². The monoisotopic (exact) mass is 267 g/mol. The van der Waals surface area contributed by atoms with E-state index >= 15 is 0 Å². The van der Waals surface area contributed by atoms with Crippen molar-refractivity contribution in [1.82, 2.24) is 15.1 Å². The zero-order valence-corrected chi connectivity index (χ0v) is 12.2. The molecule has 2 atom stereocenters. The van der Waals surface area contributed by atoms with Gasteiger partial charge in [-0.05, 0) is 38.8 Å². The lowest BCUT2D eigenvalue weighted by atomic mass is 9.97. The molecule has 0 aromatic rings. The van der Waals surface area contributed by atoms with E-state index in [4.69, 9.17) is 0 Å². The number of nitrogens with one attached hydrogen (secondary N) is 1. The molecule has 2 heterocycles. The van der Waals surface area contributed by atoms with Crippen molar-refractivity contribution in [2.24, 2.45) is 5.92 Å². The van der Waals surface area contributed by atoms with E-state index < -0.39 is 0 Å². The fourth-order valence-corrected chi connectivity index (χ4v) is 3.07. The third-order valence-electron chi connectivity index (χ3n) is 3.98. The zero-order valence-electron chi connectivity index (χ0n) is 12.2. The number of carbonyl (C=O) groups excluding carboxylic acids is 2. The van der Waals surface area contributed by atoms with Crippen LogP contribution in [-0.4, -0.2) is 60.4 Å². The van der Waals surface area contributed by atoms with Gasteiger partial charge in [0, 0.05) is 12.6 Å². The van der Waals surface area contributed by atoms with E-state index in [0.29, 0.717) is 5.92 Å². The van der Waals surface area contributed by atoms with Crippen LogP contribution in [-0.2, 0) is 9.59 Å². The number of hydrogen-bond acceptors (Lipinski definition) is 3. The largest absolute Gasteiger partial charge is 0.343 e. The van der Waals surface area contributed by atoms with Crippen LogP contribution in [0.1, 0.15) is 33.1 Å². The molecule has 5 nitrogen and oxygen atoms in total. The number of likely N-dealkylation sites (tertiary alicyclic amines) is 1. The minimum Gasteiger partial charge on any atom is -0.343 e. The molecular formula is C14H25N3O2. The number of hydrogen-bond donors (Lipinski definition) is 1. The highest BCUT2D eigenvalue weighted by atomic mass is 16.2. The molecule has 2 unspecified atom stereocenters. The van der Waals surface area contributed by atoms with Crippen molar-refractivity contribution in [2.45, 2.75) is 45.2 Å². The molecule has 2 rings (SSSR count). The summed E-state index contributed by atoms with van der Waals surface area (Å²) in [6.45, 7) is 6.35. The third kappa shape index (κ3) is 3.47. The first kappa shape index (κ1) is 14.3. The van der Waals surface area contributed by atoms with Crippen molar-refractivity contribution in [2.75, 3.05) is 26.7 Å². The van der Waals surface area contributed by atoms with Crippen molar-refractivity contribution < 1.29 is 9.59 Å². The van der Waals surface area contributed by atoms with Crippen molar-refractivity contribution in [1.29, 1.82) is 0 Å². The highest BCUT2D eigenvalue weighted by molar-refractivity contribution is 5.95. The first-order chi connectivity index (χ1) is 8.97. The summed E-state index contributed by atoms with van der Waals surface area (Å²) in [6, 6.07) is -0.125. The topological polar surface area (TPSA) is 52.7 Å². The maximum Gasteiger partial charge on any atom is 0.245 e. The predicted molar refractivity (Wildman–Crippen MR) is 73.6 cm³/mol. The summed E-state index contributed by atoms with van der Waals surface area (Å²) in [5, 5.41) is 2.83. The van der Waals surface area contributed by atoms with Gasteiger partial charge in [0.25, 0.3) is 0 Å². The van der Waals surface area contributed by atoms with Gasteiger partial charge in [-0.3, -0.25) is 9.59 Å². The molecule has 0 bridgehead atoms. The van der Waals surface area contributed by atoms with Crippen LogP contribution < -0.4 is 5.32 Å². The van der Waals surface area contributed by atoms with Gasteiger partial charge in [-0.25, -0.2) is 0 Å². The fraction of sp³-hybridized carbons (Fsp3) is 0.857. The highest BCUT2D eigenvalue weighted by Gasteiger charge is 2.37. The van der Waals surface area contributed by atoms with Crippen LogP contribution in [0.3, 0.4) is 0 Å². The second-order valence-corrected chi connectivity index (χ2v) is 6.27. The summed E-state index contributed by atoms with van der Waals surface area (Å²) in [7, 11) is 2.08. The van der Waals surface area contributed by atoms with E-state index in [0.717, 1.165) is 32.4 Å². The van der Waals surface area contributed by atoms with Crippen LogP contribution in [0, 0.1) is 5.92 Å². The summed E-state index contributed by atoms with van der Waals surface area (Å²) in [6.07, 6.45) is 2.84. The number of rotatable bonds is 3. The lowest BCUT2D eigenvalue weighted by Gasteiger charge is -2.42. The van der Waals surface area contributed by atoms with Crippen LogP contribution in [0.4, 0.5) is 0 Å². The van der Waals surface area contributed by atoms with Gasteiger partial charge >= 0.3 is 0 Å². The second kappa shape index (κ2) is 5.90. The van der Waals surface area contributed by atoms with Crippen molar-refractivity contribution in [3.05, 3.63) is 0 Å². The van der Waals surface area contributed by atoms with E-state index in [1.807, 2.05) is 4.90 Å². The summed E-state index contributed by atoms with van der Waals surface area (Å²) >= 11 is 0. The van der Waals surface area contributed by atoms with E-state index in [1.165, 1.54) is 0 Å². The molecule has 2 aliphatic rings. The van der Waals surface area contributed by atoms with E-state index in [2.05, 4.69) is 31.1 Å². The second-order valence-electron chi connectivity index (χ2n) is 6.27. The molecular weight excluding hydrogens is 242 g/mol. The van der Waals surface area contributed by atoms with Gasteiger partial charge in [0.1, 0.15) is 6.04 Å². The van der Waals surface area contributed by atoms with Gasteiger partial charge in [0.2, 0.25) is 11.8 Å². The lowest BCUT2D eigenvalue weighted by Crippen LogP contribution is -2.62. The molecule has 2 fully saturated rings. The maximum absolute atomic E-state index is 12.5. The Labute approximate surface area is 115 Å². The number of nitrogens with zero attached hydrogens (tertiary/aromatic N) is 2. The number of likely N-dealkylation sites (N-methyl/N-ethyl adjacent to an activating group) is 1. The Balaban J connectivity index is 2.06. The van der Waals surface area contributed by atoms with Crippen LogP contribution in [0.25, 0.3) is 0 Å². The number of piperazine rings is 1. The molecule has 2 amide bonds. The third-order valence-corrected chi connectivity index (χ3v) is 3.98. The van der Waals surface area contributed by atoms with Gasteiger partial charge in [0.05, 0.1) is 6.54 Å². The standard InChI is InChI=1S/C14H25N3O2/c1-10(2)7-12-14(19)17(9-13(18)15-12)11-5-4-6-16(3)8-11/h10-12H,4-9H2,1-3H3,(H,15,18).